The Kier molecular flexibility index (Phi) is 8.02. The van der Waals surface area contributed by atoms with Crippen LogP contribution in [0.1, 0.15) is 22.4 Å². The lowest BCUT2D eigenvalue weighted by Crippen LogP contribution is -2.36. The Hall–Kier alpha value is -2.65. The first kappa shape index (κ1) is 20.7. The monoisotopic (exact) mass is 393 g/mol. The van der Waals surface area contributed by atoms with Crippen LogP contribution in [0.3, 0.4) is 0 Å². The SMILES string of the molecule is CCOC(=O)c1csc(CN(CCOC)C(=O)Nc2ccc(OC)cc2)n1. The first-order valence-electron chi connectivity index (χ1n) is 8.37. The van der Waals surface area contributed by atoms with Crippen LogP contribution in [0.4, 0.5) is 10.5 Å². The number of carbonyl (C=O) groups is 2. The van der Waals surface area contributed by atoms with E-state index in [1.807, 2.05) is 0 Å². The molecule has 1 aromatic heterocycles. The summed E-state index contributed by atoms with van der Waals surface area (Å²) in [4.78, 5) is 30.2. The van der Waals surface area contributed by atoms with E-state index < -0.39 is 5.97 Å². The second-order valence-electron chi connectivity index (χ2n) is 5.42. The predicted octanol–water partition coefficient (Wildman–Crippen LogP) is 3.01. The van der Waals surface area contributed by atoms with Gasteiger partial charge in [-0.05, 0) is 31.2 Å². The van der Waals surface area contributed by atoms with Gasteiger partial charge < -0.3 is 24.4 Å². The van der Waals surface area contributed by atoms with E-state index in [1.54, 1.807) is 55.7 Å². The number of methoxy groups -OCH3 is 2. The van der Waals surface area contributed by atoms with Crippen LogP contribution in [-0.2, 0) is 16.0 Å². The number of aromatic nitrogens is 1. The highest BCUT2D eigenvalue weighted by molar-refractivity contribution is 7.09. The number of hydrogen-bond donors (Lipinski definition) is 1. The molecule has 8 nitrogen and oxygen atoms in total. The van der Waals surface area contributed by atoms with Crippen molar-refractivity contribution in [3.8, 4) is 5.75 Å². The smallest absolute Gasteiger partial charge is 0.357 e. The Morgan fingerprint density at radius 3 is 2.59 bits per heavy atom. The van der Waals surface area contributed by atoms with Crippen LogP contribution >= 0.6 is 11.3 Å². The van der Waals surface area contributed by atoms with E-state index in [-0.39, 0.29) is 24.9 Å². The standard InChI is InChI=1S/C18H23N3O5S/c1-4-26-17(22)15-12-27-16(20-15)11-21(9-10-24-2)18(23)19-13-5-7-14(25-3)8-6-13/h5-8,12H,4,9-11H2,1-3H3,(H,19,23). The molecule has 146 valence electrons. The zero-order valence-corrected chi connectivity index (χ0v) is 16.4. The summed E-state index contributed by atoms with van der Waals surface area (Å²) >= 11 is 1.30. The Morgan fingerprint density at radius 2 is 1.96 bits per heavy atom. The van der Waals surface area contributed by atoms with Gasteiger partial charge in [0.1, 0.15) is 10.8 Å². The number of anilines is 1. The van der Waals surface area contributed by atoms with Crippen molar-refractivity contribution < 1.29 is 23.8 Å². The second-order valence-corrected chi connectivity index (χ2v) is 6.36. The van der Waals surface area contributed by atoms with Crippen LogP contribution in [0.2, 0.25) is 0 Å². The lowest BCUT2D eigenvalue weighted by molar-refractivity contribution is 0.0520. The Bertz CT molecular complexity index is 748. The normalized spacial score (nSPS) is 10.3. The van der Waals surface area contributed by atoms with Gasteiger partial charge in [0.15, 0.2) is 5.69 Å². The average Bonchev–Trinajstić information content (AvgIpc) is 3.14. The molecule has 0 aliphatic heterocycles. The number of esters is 1. The zero-order chi connectivity index (χ0) is 19.6. The largest absolute Gasteiger partial charge is 0.497 e. The van der Waals surface area contributed by atoms with Gasteiger partial charge in [-0.25, -0.2) is 14.6 Å². The number of benzene rings is 1. The first-order chi connectivity index (χ1) is 13.1. The van der Waals surface area contributed by atoms with Gasteiger partial charge in [0.2, 0.25) is 0 Å². The first-order valence-corrected chi connectivity index (χ1v) is 9.25. The van der Waals surface area contributed by atoms with E-state index in [0.717, 1.165) is 0 Å². The van der Waals surface area contributed by atoms with Crippen molar-refractivity contribution in [2.45, 2.75) is 13.5 Å². The van der Waals surface area contributed by atoms with E-state index in [0.29, 0.717) is 29.6 Å². The third-order valence-corrected chi connectivity index (χ3v) is 4.39. The summed E-state index contributed by atoms with van der Waals surface area (Å²) in [5.41, 5.74) is 0.897. The van der Waals surface area contributed by atoms with Crippen molar-refractivity contribution >= 4 is 29.0 Å². The molecule has 9 heteroatoms. The molecule has 0 radical (unpaired) electrons. The average molecular weight is 393 g/mol. The van der Waals surface area contributed by atoms with Crippen LogP contribution < -0.4 is 10.1 Å². The third kappa shape index (κ3) is 6.22. The van der Waals surface area contributed by atoms with Gasteiger partial charge in [0.05, 0.1) is 26.9 Å². The third-order valence-electron chi connectivity index (χ3n) is 3.56. The molecular formula is C18H23N3O5S. The number of amides is 2. The topological polar surface area (TPSA) is 90.0 Å². The number of hydrogen-bond acceptors (Lipinski definition) is 7. The van der Waals surface area contributed by atoms with Crippen molar-refractivity contribution in [3.63, 3.8) is 0 Å². The highest BCUT2D eigenvalue weighted by atomic mass is 32.1. The summed E-state index contributed by atoms with van der Waals surface area (Å²) in [6.45, 7) is 3.05. The summed E-state index contributed by atoms with van der Waals surface area (Å²) < 4.78 is 15.1. The molecule has 0 aliphatic carbocycles. The highest BCUT2D eigenvalue weighted by Gasteiger charge is 2.18. The molecule has 0 fully saturated rings. The maximum atomic E-state index is 12.6. The minimum absolute atomic E-state index is 0.249. The van der Waals surface area contributed by atoms with Gasteiger partial charge in [-0.3, -0.25) is 0 Å². The molecule has 1 aromatic carbocycles. The molecule has 0 atom stereocenters. The number of urea groups is 1. The number of nitrogens with one attached hydrogen (secondary N) is 1. The van der Waals surface area contributed by atoms with E-state index >= 15 is 0 Å². The Morgan fingerprint density at radius 1 is 1.22 bits per heavy atom. The molecule has 2 aromatic rings. The fraction of sp³-hybridized carbons (Fsp3) is 0.389. The van der Waals surface area contributed by atoms with Crippen LogP contribution in [0.25, 0.3) is 0 Å². The van der Waals surface area contributed by atoms with Crippen molar-refractivity contribution in [1.82, 2.24) is 9.88 Å². The fourth-order valence-corrected chi connectivity index (χ4v) is 2.95. The highest BCUT2D eigenvalue weighted by Crippen LogP contribution is 2.17. The second kappa shape index (κ2) is 10.5. The van der Waals surface area contributed by atoms with Crippen LogP contribution in [0, 0.1) is 0 Å². The van der Waals surface area contributed by atoms with E-state index in [9.17, 15) is 9.59 Å². The van der Waals surface area contributed by atoms with Crippen LogP contribution in [-0.4, -0.2) is 55.9 Å². The van der Waals surface area contributed by atoms with Gasteiger partial charge in [-0.15, -0.1) is 11.3 Å². The molecule has 0 bridgehead atoms. The van der Waals surface area contributed by atoms with Crippen molar-refractivity contribution in [2.75, 3.05) is 39.3 Å². The number of nitrogens with zero attached hydrogens (tertiary/aromatic N) is 2. The minimum Gasteiger partial charge on any atom is -0.497 e. The van der Waals surface area contributed by atoms with Crippen LogP contribution in [0.15, 0.2) is 29.6 Å². The van der Waals surface area contributed by atoms with E-state index in [2.05, 4.69) is 10.3 Å². The van der Waals surface area contributed by atoms with Crippen molar-refractivity contribution in [2.24, 2.45) is 0 Å². The fourth-order valence-electron chi connectivity index (χ4n) is 2.18. The summed E-state index contributed by atoms with van der Waals surface area (Å²) in [5.74, 6) is 0.240. The summed E-state index contributed by atoms with van der Waals surface area (Å²) in [5, 5.41) is 5.10. The molecule has 2 rings (SSSR count). The molecule has 0 unspecified atom stereocenters. The minimum atomic E-state index is -0.467. The molecule has 0 aliphatic rings. The molecule has 1 heterocycles. The number of rotatable bonds is 9. The molecule has 27 heavy (non-hydrogen) atoms. The quantitative estimate of drug-likeness (QED) is 0.659. The van der Waals surface area contributed by atoms with Crippen LogP contribution in [0.5, 0.6) is 5.75 Å². The van der Waals surface area contributed by atoms with Gasteiger partial charge in [0, 0.05) is 24.7 Å². The maximum Gasteiger partial charge on any atom is 0.357 e. The summed E-state index contributed by atoms with van der Waals surface area (Å²) in [6.07, 6.45) is 0. The zero-order valence-electron chi connectivity index (χ0n) is 15.6. The predicted molar refractivity (Wildman–Crippen MR) is 102 cm³/mol. The molecule has 1 N–H and O–H groups in total. The number of thiazole rings is 1. The molecule has 2 amide bonds. The van der Waals surface area contributed by atoms with E-state index in [1.165, 1.54) is 11.3 Å². The van der Waals surface area contributed by atoms with Gasteiger partial charge in [-0.2, -0.15) is 0 Å². The molecule has 0 saturated carbocycles. The summed E-state index contributed by atoms with van der Waals surface area (Å²) in [7, 11) is 3.15. The van der Waals surface area contributed by atoms with E-state index in [4.69, 9.17) is 14.2 Å². The number of carbonyl (C=O) groups excluding carboxylic acids is 2. The van der Waals surface area contributed by atoms with Gasteiger partial charge in [-0.1, -0.05) is 0 Å². The van der Waals surface area contributed by atoms with Crippen molar-refractivity contribution in [3.05, 3.63) is 40.3 Å². The van der Waals surface area contributed by atoms with Gasteiger partial charge >= 0.3 is 12.0 Å². The Balaban J connectivity index is 2.04. The van der Waals surface area contributed by atoms with Crippen molar-refractivity contribution in [1.29, 1.82) is 0 Å². The molecule has 0 saturated heterocycles. The molecule has 0 spiro atoms. The maximum absolute atomic E-state index is 12.6. The van der Waals surface area contributed by atoms with Gasteiger partial charge in [0.25, 0.3) is 0 Å². The summed E-state index contributed by atoms with van der Waals surface area (Å²) in [6, 6.07) is 6.76. The lowest BCUT2D eigenvalue weighted by atomic mass is 10.3. The number of ether oxygens (including phenoxy) is 3. The Labute approximate surface area is 162 Å². The lowest BCUT2D eigenvalue weighted by Gasteiger charge is -2.21. The molecular weight excluding hydrogens is 370 g/mol.